The Morgan fingerprint density at radius 3 is 1.81 bits per heavy atom. The van der Waals surface area contributed by atoms with Gasteiger partial charge in [0.15, 0.2) is 0 Å². The Kier molecular flexibility index (Phi) is 26.6. The van der Waals surface area contributed by atoms with E-state index in [1.807, 2.05) is 27.2 Å². The van der Waals surface area contributed by atoms with Crippen LogP contribution in [-0.2, 0) is 27.9 Å². The van der Waals surface area contributed by atoms with E-state index in [4.69, 9.17) is 18.5 Å². The van der Waals surface area contributed by atoms with Crippen molar-refractivity contribution in [2.45, 2.75) is 97.0 Å². The number of esters is 1. The van der Waals surface area contributed by atoms with Gasteiger partial charge in [0.1, 0.15) is 19.3 Å². The summed E-state index contributed by atoms with van der Waals surface area (Å²) in [5, 5.41) is 0. The van der Waals surface area contributed by atoms with Crippen molar-refractivity contribution in [3.63, 3.8) is 0 Å². The van der Waals surface area contributed by atoms with Gasteiger partial charge in [-0.1, -0.05) is 107 Å². The molecule has 0 amide bonds. The zero-order valence-electron chi connectivity index (χ0n) is 27.7. The molecule has 0 saturated carbocycles. The molecule has 0 aliphatic carbocycles. The first-order valence-corrected chi connectivity index (χ1v) is 17.5. The Balaban J connectivity index is 4.51. The van der Waals surface area contributed by atoms with Gasteiger partial charge in [-0.25, -0.2) is 4.57 Å². The van der Waals surface area contributed by atoms with E-state index >= 15 is 0 Å². The van der Waals surface area contributed by atoms with E-state index in [2.05, 4.69) is 62.5 Å². The van der Waals surface area contributed by atoms with Crippen molar-refractivity contribution >= 4 is 13.8 Å². The van der Waals surface area contributed by atoms with Gasteiger partial charge >= 0.3 is 13.8 Å². The number of hydrogen-bond acceptors (Lipinski definition) is 6. The molecule has 0 spiro atoms. The fourth-order valence-corrected chi connectivity index (χ4v) is 4.37. The van der Waals surface area contributed by atoms with Crippen molar-refractivity contribution in [1.82, 2.24) is 0 Å². The first-order chi connectivity index (χ1) is 20.6. The molecule has 248 valence electrons. The van der Waals surface area contributed by atoms with Crippen LogP contribution < -0.4 is 0 Å². The molecule has 0 aliphatic heterocycles. The Labute approximate surface area is 262 Å². The summed E-state index contributed by atoms with van der Waals surface area (Å²) < 4.78 is 34.4. The summed E-state index contributed by atoms with van der Waals surface area (Å²) in [6.07, 6.45) is 31.5. The topological polar surface area (TPSA) is 91.3 Å². The zero-order chi connectivity index (χ0) is 32.1. The summed E-state index contributed by atoms with van der Waals surface area (Å²) in [6.45, 7) is 5.27. The number of carbonyl (C=O) groups is 1. The highest BCUT2D eigenvalue weighted by molar-refractivity contribution is 7.47. The number of likely N-dealkylation sites (N-methyl/N-ethyl adjacent to an activating group) is 1. The van der Waals surface area contributed by atoms with Crippen LogP contribution in [0.4, 0.5) is 0 Å². The van der Waals surface area contributed by atoms with Crippen LogP contribution in [0.3, 0.4) is 0 Å². The lowest BCUT2D eigenvalue weighted by molar-refractivity contribution is -0.870. The van der Waals surface area contributed by atoms with Crippen LogP contribution in [0.25, 0.3) is 0 Å². The average Bonchev–Trinajstić information content (AvgIpc) is 2.94. The van der Waals surface area contributed by atoms with Gasteiger partial charge in [0, 0.05) is 6.61 Å². The Morgan fingerprint density at radius 2 is 1.26 bits per heavy atom. The number of ether oxygens (including phenoxy) is 2. The Morgan fingerprint density at radius 1 is 0.721 bits per heavy atom. The highest BCUT2D eigenvalue weighted by Crippen LogP contribution is 2.43. The molecule has 0 bridgehead atoms. The van der Waals surface area contributed by atoms with E-state index in [-0.39, 0.29) is 26.2 Å². The zero-order valence-corrected chi connectivity index (χ0v) is 28.6. The minimum atomic E-state index is -4.28. The molecule has 0 saturated heterocycles. The predicted octanol–water partition coefficient (Wildman–Crippen LogP) is 8.26. The van der Waals surface area contributed by atoms with Gasteiger partial charge in [-0.05, 0) is 38.5 Å². The molecule has 0 aromatic carbocycles. The fraction of sp³-hybridized carbons (Fsp3) is 0.676. The fourth-order valence-electron chi connectivity index (χ4n) is 3.62. The number of nitrogens with zero attached hydrogens (tertiary/aromatic N) is 1. The number of rotatable bonds is 28. The number of unbranched alkanes of at least 4 members (excludes halogenated alkanes) is 5. The summed E-state index contributed by atoms with van der Waals surface area (Å²) in [6, 6.07) is 0. The summed E-state index contributed by atoms with van der Waals surface area (Å²) in [7, 11) is 1.60. The second kappa shape index (κ2) is 27.7. The molecule has 1 N–H and O–H groups in total. The molecule has 0 heterocycles. The summed E-state index contributed by atoms with van der Waals surface area (Å²) >= 11 is 0. The second-order valence-corrected chi connectivity index (χ2v) is 12.9. The minimum Gasteiger partial charge on any atom is -0.457 e. The molecule has 0 fully saturated rings. The minimum absolute atomic E-state index is 0.0698. The number of hydrogen-bond donors (Lipinski definition) is 1. The molecule has 0 aliphatic rings. The maximum atomic E-state index is 12.4. The molecule has 2 unspecified atom stereocenters. The third kappa shape index (κ3) is 31.4. The van der Waals surface area contributed by atoms with Gasteiger partial charge in [0.2, 0.25) is 0 Å². The standard InChI is InChI=1S/C34H60NO7P/c1-6-8-10-12-14-15-16-17-18-19-20-21-22-23-25-27-34(36)42-33(31-39-29-26-24-13-11-9-7-2)32-41-43(37,38)40-30-28-35(3,4)5/h8,10,14-15,17-18,20-21,23,25,33H,6-7,9,11-13,16,19,22,24,26-32H2,1-5H3/p+1/b10-8-,15-14-,18-17-,21-20-,25-23-. The molecule has 0 aromatic rings. The molecule has 0 aromatic heterocycles. The van der Waals surface area contributed by atoms with E-state index in [9.17, 15) is 14.3 Å². The van der Waals surface area contributed by atoms with Crippen molar-refractivity contribution in [1.29, 1.82) is 0 Å². The molecule has 9 heteroatoms. The molecule has 0 radical (unpaired) electrons. The van der Waals surface area contributed by atoms with Gasteiger partial charge in [0.05, 0.1) is 40.8 Å². The quantitative estimate of drug-likeness (QED) is 0.0307. The molecule has 43 heavy (non-hydrogen) atoms. The number of phosphoric acid groups is 1. The second-order valence-electron chi connectivity index (χ2n) is 11.5. The maximum absolute atomic E-state index is 12.4. The van der Waals surface area contributed by atoms with Gasteiger partial charge in [-0.3, -0.25) is 13.8 Å². The van der Waals surface area contributed by atoms with Crippen LogP contribution >= 0.6 is 7.82 Å². The molecular formula is C34H61NO7P+. The Hall–Kier alpha value is -1.80. The van der Waals surface area contributed by atoms with Crippen molar-refractivity contribution in [3.05, 3.63) is 60.8 Å². The van der Waals surface area contributed by atoms with Crippen molar-refractivity contribution in [3.8, 4) is 0 Å². The first-order valence-electron chi connectivity index (χ1n) is 16.0. The lowest BCUT2D eigenvalue weighted by Crippen LogP contribution is -2.37. The van der Waals surface area contributed by atoms with Crippen LogP contribution in [-0.4, -0.2) is 75.6 Å². The number of phosphoric ester groups is 1. The van der Waals surface area contributed by atoms with Crippen molar-refractivity contribution in [2.75, 3.05) is 54.1 Å². The van der Waals surface area contributed by atoms with E-state index in [0.29, 0.717) is 17.6 Å². The lowest BCUT2D eigenvalue weighted by atomic mass is 10.1. The smallest absolute Gasteiger partial charge is 0.457 e. The van der Waals surface area contributed by atoms with Gasteiger partial charge in [0.25, 0.3) is 0 Å². The highest BCUT2D eigenvalue weighted by atomic mass is 31.2. The van der Waals surface area contributed by atoms with Crippen LogP contribution in [0.5, 0.6) is 0 Å². The largest absolute Gasteiger partial charge is 0.472 e. The SMILES string of the molecule is CC/C=C\C/C=C\C/C=C\C/C=C\C/C=C\CC(=O)OC(COCCCCCCCC)COP(=O)(O)OCC[N+](C)(C)C. The third-order valence-electron chi connectivity index (χ3n) is 6.13. The molecule has 2 atom stereocenters. The van der Waals surface area contributed by atoms with E-state index < -0.39 is 19.9 Å². The normalized spacial score (nSPS) is 15.0. The maximum Gasteiger partial charge on any atom is 0.472 e. The summed E-state index contributed by atoms with van der Waals surface area (Å²) in [5.74, 6) is -0.447. The third-order valence-corrected chi connectivity index (χ3v) is 7.11. The summed E-state index contributed by atoms with van der Waals surface area (Å²) in [5.41, 5.74) is 0. The predicted molar refractivity (Wildman–Crippen MR) is 178 cm³/mol. The van der Waals surface area contributed by atoms with Crippen LogP contribution in [0.2, 0.25) is 0 Å². The monoisotopic (exact) mass is 626 g/mol. The van der Waals surface area contributed by atoms with Crippen molar-refractivity contribution < 1.29 is 37.3 Å². The number of carbonyl (C=O) groups excluding carboxylic acids is 1. The van der Waals surface area contributed by atoms with Gasteiger partial charge < -0.3 is 18.9 Å². The first kappa shape index (κ1) is 41.2. The summed E-state index contributed by atoms with van der Waals surface area (Å²) in [4.78, 5) is 22.5. The van der Waals surface area contributed by atoms with Gasteiger partial charge in [-0.15, -0.1) is 0 Å². The number of quaternary nitrogens is 1. The van der Waals surface area contributed by atoms with E-state index in [0.717, 1.165) is 44.9 Å². The Bertz CT molecular complexity index is 874. The van der Waals surface area contributed by atoms with Crippen LogP contribution in [0.15, 0.2) is 60.8 Å². The van der Waals surface area contributed by atoms with E-state index in [1.165, 1.54) is 25.7 Å². The van der Waals surface area contributed by atoms with E-state index in [1.54, 1.807) is 6.08 Å². The molecule has 8 nitrogen and oxygen atoms in total. The lowest BCUT2D eigenvalue weighted by Gasteiger charge is -2.24. The van der Waals surface area contributed by atoms with Crippen LogP contribution in [0.1, 0.15) is 90.9 Å². The molecular weight excluding hydrogens is 565 g/mol. The van der Waals surface area contributed by atoms with Gasteiger partial charge in [-0.2, -0.15) is 0 Å². The average molecular weight is 627 g/mol. The van der Waals surface area contributed by atoms with Crippen molar-refractivity contribution in [2.24, 2.45) is 0 Å². The van der Waals surface area contributed by atoms with Crippen LogP contribution in [0, 0.1) is 0 Å². The number of allylic oxidation sites excluding steroid dienone is 9. The molecule has 0 rings (SSSR count). The highest BCUT2D eigenvalue weighted by Gasteiger charge is 2.26.